The van der Waals surface area contributed by atoms with E-state index in [2.05, 4.69) is 22.0 Å². The first kappa shape index (κ1) is 19.2. The van der Waals surface area contributed by atoms with E-state index in [1.165, 1.54) is 0 Å². The van der Waals surface area contributed by atoms with Gasteiger partial charge in [-0.1, -0.05) is 30.3 Å². The second kappa shape index (κ2) is 8.05. The van der Waals surface area contributed by atoms with Crippen molar-refractivity contribution in [3.05, 3.63) is 65.7 Å². The number of nitrogen functional groups attached to an aromatic ring is 1. The van der Waals surface area contributed by atoms with Crippen LogP contribution in [0.3, 0.4) is 0 Å². The van der Waals surface area contributed by atoms with Crippen LogP contribution >= 0.6 is 0 Å². The number of fused-ring (bicyclic) bond motifs is 1. The second-order valence-corrected chi connectivity index (χ2v) is 7.26. The van der Waals surface area contributed by atoms with Crippen LogP contribution in [0.1, 0.15) is 22.8 Å². The molecule has 0 bridgehead atoms. The minimum atomic E-state index is 0.00994. The molecule has 29 heavy (non-hydrogen) atoms. The van der Waals surface area contributed by atoms with Gasteiger partial charge in [0.2, 0.25) is 0 Å². The predicted molar refractivity (Wildman–Crippen MR) is 119 cm³/mol. The molecule has 1 aliphatic rings. The number of rotatable bonds is 4. The van der Waals surface area contributed by atoms with E-state index in [4.69, 9.17) is 10.5 Å². The second-order valence-electron chi connectivity index (χ2n) is 7.26. The highest BCUT2D eigenvalue weighted by Gasteiger charge is 2.17. The molecule has 5 nitrogen and oxygen atoms in total. The van der Waals surface area contributed by atoms with Crippen molar-refractivity contribution in [2.24, 2.45) is 0 Å². The number of carbonyl (C=O) groups is 1. The summed E-state index contributed by atoms with van der Waals surface area (Å²) in [5, 5.41) is 1.01. The third kappa shape index (κ3) is 3.74. The Hall–Kier alpha value is -3.18. The zero-order valence-corrected chi connectivity index (χ0v) is 16.8. The lowest BCUT2D eigenvalue weighted by Crippen LogP contribution is -2.36. The van der Waals surface area contributed by atoms with Gasteiger partial charge in [0.1, 0.15) is 5.82 Å². The van der Waals surface area contributed by atoms with E-state index < -0.39 is 0 Å². The van der Waals surface area contributed by atoms with Crippen molar-refractivity contribution in [2.75, 3.05) is 36.9 Å². The summed E-state index contributed by atoms with van der Waals surface area (Å²) in [6, 6.07) is 14.0. The van der Waals surface area contributed by atoms with Crippen molar-refractivity contribution in [1.82, 2.24) is 4.98 Å². The fourth-order valence-electron chi connectivity index (χ4n) is 3.89. The Morgan fingerprint density at radius 2 is 1.97 bits per heavy atom. The number of allylic oxidation sites excluding steroid dienone is 2. The minimum absolute atomic E-state index is 0.00994. The van der Waals surface area contributed by atoms with Crippen molar-refractivity contribution < 1.29 is 9.53 Å². The molecule has 0 spiro atoms. The standard InChI is InChI=1S/C24H25N3O2/c1-3-5-22(28)19-7-4-6-16(2)23(19)17-8-9-20-18(14-17)15-21(24(25)26-20)27-10-12-29-13-11-27/h3-9,14-15H,10-13H2,1-2H3,(H2,25,26)/b5-3+. The summed E-state index contributed by atoms with van der Waals surface area (Å²) in [5.41, 5.74) is 11.8. The Labute approximate surface area is 170 Å². The summed E-state index contributed by atoms with van der Waals surface area (Å²) in [7, 11) is 0. The van der Waals surface area contributed by atoms with Gasteiger partial charge < -0.3 is 15.4 Å². The molecule has 4 rings (SSSR count). The number of anilines is 2. The molecule has 0 radical (unpaired) electrons. The van der Waals surface area contributed by atoms with Crippen LogP contribution < -0.4 is 10.6 Å². The summed E-state index contributed by atoms with van der Waals surface area (Å²) in [6.45, 7) is 6.88. The number of aromatic nitrogens is 1. The molecule has 0 atom stereocenters. The molecule has 0 saturated carbocycles. The van der Waals surface area contributed by atoms with E-state index in [1.54, 1.807) is 12.2 Å². The van der Waals surface area contributed by atoms with Gasteiger partial charge in [-0.05, 0) is 54.8 Å². The van der Waals surface area contributed by atoms with Crippen LogP contribution in [-0.2, 0) is 4.74 Å². The van der Waals surface area contributed by atoms with E-state index in [0.29, 0.717) is 24.6 Å². The molecule has 2 aromatic carbocycles. The van der Waals surface area contributed by atoms with E-state index in [1.807, 2.05) is 44.2 Å². The number of pyridine rings is 1. The monoisotopic (exact) mass is 387 g/mol. The van der Waals surface area contributed by atoms with Crippen molar-refractivity contribution in [3.63, 3.8) is 0 Å². The first-order valence-corrected chi connectivity index (χ1v) is 9.88. The first-order valence-electron chi connectivity index (χ1n) is 9.88. The lowest BCUT2D eigenvalue weighted by molar-refractivity contribution is 0.104. The summed E-state index contributed by atoms with van der Waals surface area (Å²) in [5.74, 6) is 0.544. The van der Waals surface area contributed by atoms with Crippen LogP contribution in [0.15, 0.2) is 54.6 Å². The molecular weight excluding hydrogens is 362 g/mol. The predicted octanol–water partition coefficient (Wildman–Crippen LogP) is 4.39. The quantitative estimate of drug-likeness (QED) is 0.531. The van der Waals surface area contributed by atoms with Gasteiger partial charge in [0, 0.05) is 24.0 Å². The Bertz CT molecular complexity index is 1100. The third-order valence-electron chi connectivity index (χ3n) is 5.32. The maximum Gasteiger partial charge on any atom is 0.186 e. The topological polar surface area (TPSA) is 68.5 Å². The molecule has 1 saturated heterocycles. The fourth-order valence-corrected chi connectivity index (χ4v) is 3.89. The highest BCUT2D eigenvalue weighted by Crippen LogP contribution is 2.33. The minimum Gasteiger partial charge on any atom is -0.382 e. The van der Waals surface area contributed by atoms with E-state index in [9.17, 15) is 4.79 Å². The molecule has 5 heteroatoms. The SMILES string of the molecule is C/C=C/C(=O)c1cccc(C)c1-c1ccc2nc(N)c(N3CCOCC3)cc2c1. The number of aryl methyl sites for hydroxylation is 1. The van der Waals surface area contributed by atoms with Gasteiger partial charge >= 0.3 is 0 Å². The molecule has 1 aromatic heterocycles. The Morgan fingerprint density at radius 1 is 1.17 bits per heavy atom. The van der Waals surface area contributed by atoms with Gasteiger partial charge in [-0.25, -0.2) is 4.98 Å². The number of ether oxygens (including phenoxy) is 1. The lowest BCUT2D eigenvalue weighted by atomic mass is 9.92. The van der Waals surface area contributed by atoms with E-state index in [-0.39, 0.29) is 5.78 Å². The van der Waals surface area contributed by atoms with Crippen molar-refractivity contribution >= 4 is 28.2 Å². The van der Waals surface area contributed by atoms with Crippen LogP contribution in [0.4, 0.5) is 11.5 Å². The summed E-state index contributed by atoms with van der Waals surface area (Å²) >= 11 is 0. The van der Waals surface area contributed by atoms with Crippen molar-refractivity contribution in [3.8, 4) is 11.1 Å². The number of benzene rings is 2. The van der Waals surface area contributed by atoms with Crippen LogP contribution in [-0.4, -0.2) is 37.1 Å². The Kier molecular flexibility index (Phi) is 5.32. The largest absolute Gasteiger partial charge is 0.382 e. The molecule has 148 valence electrons. The summed E-state index contributed by atoms with van der Waals surface area (Å²) < 4.78 is 5.45. The molecule has 2 heterocycles. The van der Waals surface area contributed by atoms with Crippen molar-refractivity contribution in [2.45, 2.75) is 13.8 Å². The highest BCUT2D eigenvalue weighted by molar-refractivity contribution is 6.10. The van der Waals surface area contributed by atoms with Gasteiger partial charge in [0.25, 0.3) is 0 Å². The number of nitrogens with two attached hydrogens (primary N) is 1. The fraction of sp³-hybridized carbons (Fsp3) is 0.250. The summed E-state index contributed by atoms with van der Waals surface area (Å²) in [6.07, 6.45) is 3.38. The highest BCUT2D eigenvalue weighted by atomic mass is 16.5. The molecule has 0 amide bonds. The molecule has 0 aliphatic carbocycles. The average molecular weight is 387 g/mol. The van der Waals surface area contributed by atoms with Crippen molar-refractivity contribution in [1.29, 1.82) is 0 Å². The number of ketones is 1. The Balaban J connectivity index is 1.84. The zero-order valence-electron chi connectivity index (χ0n) is 16.8. The van der Waals surface area contributed by atoms with E-state index in [0.717, 1.165) is 46.4 Å². The molecule has 1 fully saturated rings. The molecule has 3 aromatic rings. The van der Waals surface area contributed by atoms with Gasteiger partial charge in [0.15, 0.2) is 5.78 Å². The lowest BCUT2D eigenvalue weighted by Gasteiger charge is -2.29. The van der Waals surface area contributed by atoms with Crippen LogP contribution in [0.25, 0.3) is 22.0 Å². The van der Waals surface area contributed by atoms with Crippen LogP contribution in [0.5, 0.6) is 0 Å². The van der Waals surface area contributed by atoms with Gasteiger partial charge in [0.05, 0.1) is 24.4 Å². The number of carbonyl (C=O) groups excluding carboxylic acids is 1. The smallest absolute Gasteiger partial charge is 0.186 e. The zero-order chi connectivity index (χ0) is 20.4. The van der Waals surface area contributed by atoms with Gasteiger partial charge in [-0.2, -0.15) is 0 Å². The molecular formula is C24H25N3O2. The number of hydrogen-bond acceptors (Lipinski definition) is 5. The molecule has 0 unspecified atom stereocenters. The number of nitrogens with zero attached hydrogens (tertiary/aromatic N) is 2. The normalized spacial score (nSPS) is 14.6. The first-order chi connectivity index (χ1) is 14.1. The molecule has 2 N–H and O–H groups in total. The number of hydrogen-bond donors (Lipinski definition) is 1. The van der Waals surface area contributed by atoms with E-state index >= 15 is 0 Å². The van der Waals surface area contributed by atoms with Crippen LogP contribution in [0.2, 0.25) is 0 Å². The van der Waals surface area contributed by atoms with Gasteiger partial charge in [-0.15, -0.1) is 0 Å². The van der Waals surface area contributed by atoms with Gasteiger partial charge in [-0.3, -0.25) is 4.79 Å². The summed E-state index contributed by atoms with van der Waals surface area (Å²) in [4.78, 5) is 19.5. The number of morpholine rings is 1. The Morgan fingerprint density at radius 3 is 2.72 bits per heavy atom. The molecule has 1 aliphatic heterocycles. The third-order valence-corrected chi connectivity index (χ3v) is 5.32. The maximum absolute atomic E-state index is 12.6. The van der Waals surface area contributed by atoms with Crippen LogP contribution in [0, 0.1) is 6.92 Å². The maximum atomic E-state index is 12.6. The average Bonchev–Trinajstić information content (AvgIpc) is 2.73.